The first kappa shape index (κ1) is 19.2. The summed E-state index contributed by atoms with van der Waals surface area (Å²) < 4.78 is 41.7. The van der Waals surface area contributed by atoms with E-state index in [0.29, 0.717) is 28.1 Å². The van der Waals surface area contributed by atoms with Crippen LogP contribution in [0.25, 0.3) is 0 Å². The molecule has 4 N–H and O–H groups in total. The lowest BCUT2D eigenvalue weighted by atomic mass is 10.1. The van der Waals surface area contributed by atoms with Gasteiger partial charge in [0.15, 0.2) is 11.6 Å². The number of benzene rings is 2. The molecule has 0 amide bonds. The molecule has 3 aromatic rings. The molecule has 2 aromatic carbocycles. The Bertz CT molecular complexity index is 1130. The first-order chi connectivity index (χ1) is 13.3. The van der Waals surface area contributed by atoms with Crippen molar-refractivity contribution in [2.45, 2.75) is 13.5 Å². The third-order valence-electron chi connectivity index (χ3n) is 4.12. The fourth-order valence-corrected chi connectivity index (χ4v) is 2.65. The first-order valence-corrected chi connectivity index (χ1v) is 8.17. The lowest BCUT2D eigenvalue weighted by molar-refractivity contribution is 0.506. The maximum atomic E-state index is 13.8. The minimum atomic E-state index is -1.08. The van der Waals surface area contributed by atoms with Crippen molar-refractivity contribution in [2.75, 3.05) is 11.1 Å². The van der Waals surface area contributed by atoms with E-state index >= 15 is 0 Å². The summed E-state index contributed by atoms with van der Waals surface area (Å²) in [7, 11) is 0. The summed E-state index contributed by atoms with van der Waals surface area (Å²) in [5.41, 5.74) is 7.18. The Morgan fingerprint density at radius 2 is 1.93 bits per heavy atom. The minimum absolute atomic E-state index is 0.0000600. The summed E-state index contributed by atoms with van der Waals surface area (Å²) in [6.45, 7) is 1.70. The summed E-state index contributed by atoms with van der Waals surface area (Å²) in [6.07, 6.45) is 2.01. The van der Waals surface area contributed by atoms with E-state index < -0.39 is 23.0 Å². The van der Waals surface area contributed by atoms with Crippen molar-refractivity contribution in [3.63, 3.8) is 0 Å². The number of aryl methyl sites for hydroxylation is 1. The topological polar surface area (TPSA) is 96.8 Å². The van der Waals surface area contributed by atoms with Crippen molar-refractivity contribution in [3.8, 4) is 0 Å². The van der Waals surface area contributed by atoms with Gasteiger partial charge in [-0.05, 0) is 42.3 Å². The first-order valence-electron chi connectivity index (χ1n) is 8.17. The molecule has 0 spiro atoms. The van der Waals surface area contributed by atoms with Gasteiger partial charge in [0, 0.05) is 29.3 Å². The van der Waals surface area contributed by atoms with E-state index in [1.165, 1.54) is 10.6 Å². The van der Waals surface area contributed by atoms with Gasteiger partial charge in [-0.1, -0.05) is 6.07 Å². The molecule has 1 heterocycles. The fraction of sp³-hybridized carbons (Fsp3) is 0.105. The number of anilines is 3. The van der Waals surface area contributed by atoms with Gasteiger partial charge in [-0.3, -0.25) is 4.79 Å². The predicted molar refractivity (Wildman–Crippen MR) is 101 cm³/mol. The van der Waals surface area contributed by atoms with E-state index in [9.17, 15) is 18.0 Å². The number of nitrogens with zero attached hydrogens (tertiary/aromatic N) is 2. The molecule has 9 heteroatoms. The third-order valence-corrected chi connectivity index (χ3v) is 4.12. The van der Waals surface area contributed by atoms with Gasteiger partial charge in [0.05, 0.1) is 6.54 Å². The molecule has 3 rings (SSSR count). The summed E-state index contributed by atoms with van der Waals surface area (Å²) in [4.78, 5) is 15.4. The molecule has 0 bridgehead atoms. The molecule has 0 aliphatic heterocycles. The Morgan fingerprint density at radius 3 is 2.61 bits per heavy atom. The van der Waals surface area contributed by atoms with E-state index in [1.54, 1.807) is 19.1 Å². The molecular weight excluding hydrogens is 371 g/mol. The second-order valence-corrected chi connectivity index (χ2v) is 6.16. The highest BCUT2D eigenvalue weighted by atomic mass is 19.2. The quantitative estimate of drug-likeness (QED) is 0.462. The molecular formula is C19H16F3N5O. The molecule has 0 aliphatic carbocycles. The van der Waals surface area contributed by atoms with Gasteiger partial charge in [-0.15, -0.1) is 0 Å². The molecule has 0 saturated carbocycles. The van der Waals surface area contributed by atoms with Crippen molar-refractivity contribution in [1.29, 1.82) is 5.41 Å². The van der Waals surface area contributed by atoms with Crippen molar-refractivity contribution in [1.82, 2.24) is 9.55 Å². The van der Waals surface area contributed by atoms with E-state index in [-0.39, 0.29) is 12.5 Å². The summed E-state index contributed by atoms with van der Waals surface area (Å²) >= 11 is 0. The predicted octanol–water partition coefficient (Wildman–Crippen LogP) is 3.34. The Labute approximate surface area is 158 Å². The highest BCUT2D eigenvalue weighted by Gasteiger charge is 2.12. The molecule has 0 unspecified atom stereocenters. The monoisotopic (exact) mass is 387 g/mol. The number of rotatable bonds is 5. The Balaban J connectivity index is 2.03. The van der Waals surface area contributed by atoms with E-state index in [1.807, 2.05) is 0 Å². The maximum absolute atomic E-state index is 13.8. The van der Waals surface area contributed by atoms with Crippen LogP contribution in [0.15, 0.2) is 41.3 Å². The van der Waals surface area contributed by atoms with Crippen molar-refractivity contribution >= 4 is 23.5 Å². The normalized spacial score (nSPS) is 10.7. The molecule has 0 atom stereocenters. The van der Waals surface area contributed by atoms with Gasteiger partial charge >= 0.3 is 5.56 Å². The van der Waals surface area contributed by atoms with E-state index in [0.717, 1.165) is 24.5 Å². The van der Waals surface area contributed by atoms with Crippen LogP contribution in [0, 0.1) is 29.8 Å². The van der Waals surface area contributed by atoms with Gasteiger partial charge in [0.1, 0.15) is 0 Å². The SMILES string of the molecule is Cc1cc(N)c(C=N)cc1Nc1nc(=O)c(F)cn1Cc1ccc(F)c(F)c1. The van der Waals surface area contributed by atoms with E-state index in [2.05, 4.69) is 10.3 Å². The van der Waals surface area contributed by atoms with Crippen LogP contribution in [-0.2, 0) is 6.54 Å². The number of nitrogens with two attached hydrogens (primary N) is 1. The number of hydrogen-bond donors (Lipinski definition) is 3. The average Bonchev–Trinajstić information content (AvgIpc) is 2.64. The minimum Gasteiger partial charge on any atom is -0.398 e. The van der Waals surface area contributed by atoms with Crippen LogP contribution in [0.3, 0.4) is 0 Å². The van der Waals surface area contributed by atoms with Crippen LogP contribution in [0.2, 0.25) is 0 Å². The Hall–Kier alpha value is -3.62. The van der Waals surface area contributed by atoms with Gasteiger partial charge in [0.25, 0.3) is 0 Å². The molecule has 28 heavy (non-hydrogen) atoms. The smallest absolute Gasteiger partial charge is 0.310 e. The van der Waals surface area contributed by atoms with Crippen LogP contribution in [0.1, 0.15) is 16.7 Å². The van der Waals surface area contributed by atoms with Crippen LogP contribution >= 0.6 is 0 Å². The lowest BCUT2D eigenvalue weighted by Crippen LogP contribution is -2.20. The van der Waals surface area contributed by atoms with E-state index in [4.69, 9.17) is 11.1 Å². The summed E-state index contributed by atoms with van der Waals surface area (Å²) in [5, 5.41) is 10.3. The van der Waals surface area contributed by atoms with Crippen LogP contribution in [0.5, 0.6) is 0 Å². The number of aromatic nitrogens is 2. The largest absolute Gasteiger partial charge is 0.398 e. The number of halogens is 3. The standard InChI is InChI=1S/C19H16F3N5O/c1-10-4-16(24)12(7-23)6-17(10)25-19-26-18(28)15(22)9-27(19)8-11-2-3-13(20)14(21)5-11/h2-7,9,23H,8,24H2,1H3,(H,25,26,28). The molecule has 0 aliphatic rings. The summed E-state index contributed by atoms with van der Waals surface area (Å²) in [6, 6.07) is 6.53. The van der Waals surface area contributed by atoms with Gasteiger partial charge in [-0.25, -0.2) is 8.78 Å². The number of nitrogens with one attached hydrogen (secondary N) is 2. The van der Waals surface area contributed by atoms with Crippen molar-refractivity contribution in [2.24, 2.45) is 0 Å². The zero-order chi connectivity index (χ0) is 20.4. The summed E-state index contributed by atoms with van der Waals surface area (Å²) in [5.74, 6) is -3.11. The number of nitrogen functional groups attached to an aromatic ring is 1. The second kappa shape index (κ2) is 7.55. The highest BCUT2D eigenvalue weighted by molar-refractivity contribution is 5.87. The third kappa shape index (κ3) is 3.88. The molecule has 144 valence electrons. The van der Waals surface area contributed by atoms with Gasteiger partial charge in [-0.2, -0.15) is 9.37 Å². The highest BCUT2D eigenvalue weighted by Crippen LogP contribution is 2.24. The number of hydrogen-bond acceptors (Lipinski definition) is 5. The van der Waals surface area contributed by atoms with Crippen LogP contribution in [-0.4, -0.2) is 15.8 Å². The van der Waals surface area contributed by atoms with Crippen molar-refractivity contribution in [3.05, 3.63) is 81.0 Å². The lowest BCUT2D eigenvalue weighted by Gasteiger charge is -2.16. The second-order valence-electron chi connectivity index (χ2n) is 6.16. The molecule has 6 nitrogen and oxygen atoms in total. The average molecular weight is 387 g/mol. The van der Waals surface area contributed by atoms with Gasteiger partial charge < -0.3 is 21.0 Å². The Morgan fingerprint density at radius 1 is 1.18 bits per heavy atom. The maximum Gasteiger partial charge on any atom is 0.310 e. The van der Waals surface area contributed by atoms with Crippen LogP contribution < -0.4 is 16.6 Å². The molecule has 0 radical (unpaired) electrons. The molecule has 0 saturated heterocycles. The van der Waals surface area contributed by atoms with Crippen molar-refractivity contribution < 1.29 is 13.2 Å². The fourth-order valence-electron chi connectivity index (χ4n) is 2.65. The van der Waals surface area contributed by atoms with Crippen LogP contribution in [0.4, 0.5) is 30.5 Å². The Kier molecular flexibility index (Phi) is 5.16. The van der Waals surface area contributed by atoms with Gasteiger partial charge in [0.2, 0.25) is 11.8 Å². The molecule has 0 fully saturated rings. The molecule has 1 aromatic heterocycles. The zero-order valence-corrected chi connectivity index (χ0v) is 14.8. The zero-order valence-electron chi connectivity index (χ0n) is 14.8.